The van der Waals surface area contributed by atoms with Crippen LogP contribution in [0, 0.1) is 0 Å². The van der Waals surface area contributed by atoms with Gasteiger partial charge in [-0.05, 0) is 30.5 Å². The second-order valence-electron chi connectivity index (χ2n) is 7.78. The minimum Gasteiger partial charge on any atom is -0.348 e. The highest BCUT2D eigenvalue weighted by molar-refractivity contribution is 7.15. The highest BCUT2D eigenvalue weighted by Gasteiger charge is 2.43. The fourth-order valence-electron chi connectivity index (χ4n) is 3.91. The van der Waals surface area contributed by atoms with Crippen LogP contribution in [-0.2, 0) is 11.0 Å². The number of amides is 3. The zero-order chi connectivity index (χ0) is 22.7. The molecule has 0 saturated carbocycles. The first-order valence-electron chi connectivity index (χ1n) is 9.66. The summed E-state index contributed by atoms with van der Waals surface area (Å²) in [5, 5.41) is 4.49. The van der Waals surface area contributed by atoms with E-state index >= 15 is 0 Å². The number of carbonyl (C=O) groups excluding carboxylic acids is 2. The van der Waals surface area contributed by atoms with Crippen LogP contribution in [0.1, 0.15) is 30.0 Å². The van der Waals surface area contributed by atoms with E-state index in [4.69, 9.17) is 0 Å². The maximum absolute atomic E-state index is 12.8. The molecule has 11 heteroatoms. The third-order valence-corrected chi connectivity index (χ3v) is 6.73. The van der Waals surface area contributed by atoms with Crippen LogP contribution in [0.5, 0.6) is 0 Å². The van der Waals surface area contributed by atoms with Crippen molar-refractivity contribution in [2.24, 2.45) is 4.99 Å². The Bertz CT molecular complexity index is 1210. The van der Waals surface area contributed by atoms with E-state index in [2.05, 4.69) is 20.6 Å². The number of nitrogens with zero attached hydrogens (tertiary/aromatic N) is 3. The van der Waals surface area contributed by atoms with Crippen molar-refractivity contribution in [1.82, 2.24) is 20.5 Å². The van der Waals surface area contributed by atoms with Crippen molar-refractivity contribution < 1.29 is 22.8 Å². The molecule has 0 radical (unpaired) electrons. The van der Waals surface area contributed by atoms with Crippen molar-refractivity contribution in [2.75, 3.05) is 0 Å². The molecule has 2 N–H and O–H groups in total. The first-order valence-corrected chi connectivity index (χ1v) is 10.5. The van der Waals surface area contributed by atoms with Gasteiger partial charge >= 0.3 is 12.2 Å². The number of nitrogens with one attached hydrogen (secondary N) is 2. The molecule has 3 amide bonds. The lowest BCUT2D eigenvalue weighted by Gasteiger charge is -2.30. The molecule has 1 aliphatic carbocycles. The summed E-state index contributed by atoms with van der Waals surface area (Å²) in [6.07, 6.45) is 2.51. The van der Waals surface area contributed by atoms with Crippen molar-refractivity contribution in [3.8, 4) is 10.4 Å². The molecule has 2 unspecified atom stereocenters. The normalized spacial score (nSPS) is 24.8. The minimum absolute atomic E-state index is 0.360. The fourth-order valence-corrected chi connectivity index (χ4v) is 4.70. The van der Waals surface area contributed by atoms with Crippen molar-refractivity contribution >= 4 is 29.6 Å². The van der Waals surface area contributed by atoms with Crippen molar-refractivity contribution in [1.29, 1.82) is 0 Å². The first kappa shape index (κ1) is 20.4. The van der Waals surface area contributed by atoms with Gasteiger partial charge in [-0.2, -0.15) is 13.2 Å². The number of allylic oxidation sites excluding steroid dienone is 1. The van der Waals surface area contributed by atoms with Gasteiger partial charge in [0.1, 0.15) is 11.6 Å². The Balaban J connectivity index is 1.44. The predicted molar refractivity (Wildman–Crippen MR) is 111 cm³/mol. The summed E-state index contributed by atoms with van der Waals surface area (Å²) in [5.41, 5.74) is 2.08. The summed E-state index contributed by atoms with van der Waals surface area (Å²) in [6, 6.07) is 5.08. The Morgan fingerprint density at radius 3 is 2.66 bits per heavy atom. The lowest BCUT2D eigenvalue weighted by atomic mass is 9.89. The Hall–Kier alpha value is -3.47. The van der Waals surface area contributed by atoms with Gasteiger partial charge in [-0.25, -0.2) is 9.78 Å². The quantitative estimate of drug-likeness (QED) is 0.680. The lowest BCUT2D eigenvalue weighted by molar-refractivity contribution is -0.137. The average Bonchev–Trinajstić information content (AvgIpc) is 3.44. The summed E-state index contributed by atoms with van der Waals surface area (Å²) in [7, 11) is 0. The summed E-state index contributed by atoms with van der Waals surface area (Å²) in [5.74, 6) is -0.469. The molecular weight excluding hydrogens is 443 g/mol. The van der Waals surface area contributed by atoms with Gasteiger partial charge in [0.05, 0.1) is 11.2 Å². The van der Waals surface area contributed by atoms with Crippen LogP contribution in [0.25, 0.3) is 10.4 Å². The van der Waals surface area contributed by atoms with E-state index in [0.29, 0.717) is 39.5 Å². The number of rotatable bonds is 3. The van der Waals surface area contributed by atoms with Crippen LogP contribution < -0.4 is 10.6 Å². The molecular formula is C21H16F3N5O2S. The molecule has 32 heavy (non-hydrogen) atoms. The van der Waals surface area contributed by atoms with Crippen molar-refractivity contribution in [2.45, 2.75) is 31.1 Å². The maximum atomic E-state index is 12.8. The number of hydrogen-bond donors (Lipinski definition) is 2. The Labute approximate surface area is 184 Å². The molecule has 1 fully saturated rings. The Kier molecular flexibility index (Phi) is 4.48. The number of alkyl halides is 3. The average molecular weight is 459 g/mol. The molecule has 2 aliphatic heterocycles. The molecule has 2 atom stereocenters. The topological polar surface area (TPSA) is 86.7 Å². The van der Waals surface area contributed by atoms with Crippen molar-refractivity contribution in [3.05, 3.63) is 64.6 Å². The molecule has 0 spiro atoms. The van der Waals surface area contributed by atoms with Crippen LogP contribution in [0.15, 0.2) is 59.0 Å². The molecule has 1 aromatic heterocycles. The zero-order valence-corrected chi connectivity index (χ0v) is 17.4. The highest BCUT2D eigenvalue weighted by atomic mass is 32.1. The van der Waals surface area contributed by atoms with Crippen molar-refractivity contribution in [3.63, 3.8) is 0 Å². The second-order valence-corrected chi connectivity index (χ2v) is 8.81. The van der Waals surface area contributed by atoms with Gasteiger partial charge in [-0.1, -0.05) is 30.3 Å². The number of halogens is 3. The number of imide groups is 1. The monoisotopic (exact) mass is 459 g/mol. The van der Waals surface area contributed by atoms with E-state index in [1.165, 1.54) is 11.1 Å². The molecule has 1 saturated heterocycles. The fraction of sp³-hybridized carbons (Fsp3) is 0.238. The number of fused-ring (bicyclic) bond motifs is 1. The number of benzene rings is 1. The number of urea groups is 1. The highest BCUT2D eigenvalue weighted by Crippen LogP contribution is 2.39. The second kappa shape index (κ2) is 7.02. The Morgan fingerprint density at radius 2 is 1.97 bits per heavy atom. The van der Waals surface area contributed by atoms with Crippen LogP contribution in [0.2, 0.25) is 0 Å². The summed E-state index contributed by atoms with van der Waals surface area (Å²) in [6.45, 7) is 1.97. The van der Waals surface area contributed by atoms with Crippen LogP contribution in [-0.4, -0.2) is 33.7 Å². The lowest BCUT2D eigenvalue weighted by Crippen LogP contribution is -2.34. The van der Waals surface area contributed by atoms with E-state index in [0.717, 1.165) is 5.70 Å². The molecule has 3 heterocycles. The smallest absolute Gasteiger partial charge is 0.348 e. The molecule has 3 aliphatic rings. The maximum Gasteiger partial charge on any atom is 0.443 e. The number of thiazole rings is 1. The number of carbonyl (C=O) groups is 2. The van der Waals surface area contributed by atoms with E-state index in [-0.39, 0.29) is 0 Å². The third-order valence-electron chi connectivity index (χ3n) is 5.64. The van der Waals surface area contributed by atoms with Gasteiger partial charge in [-0.15, -0.1) is 11.3 Å². The van der Waals surface area contributed by atoms with Crippen LogP contribution in [0.4, 0.5) is 18.0 Å². The van der Waals surface area contributed by atoms with Gasteiger partial charge < -0.3 is 5.32 Å². The van der Waals surface area contributed by atoms with E-state index in [9.17, 15) is 22.8 Å². The number of hydrogen-bond acceptors (Lipinski definition) is 6. The van der Waals surface area contributed by atoms with Gasteiger partial charge in [0.15, 0.2) is 5.01 Å². The SMILES string of the molecule is CC12CC=C(N3C(=O)NC(=O)C3c3ccc(-c4cnc(C(F)(F)F)s4)cc3)C=C1NC=N2. The molecule has 7 nitrogen and oxygen atoms in total. The molecule has 164 valence electrons. The van der Waals surface area contributed by atoms with Gasteiger partial charge in [0.25, 0.3) is 5.91 Å². The molecule has 2 aromatic rings. The van der Waals surface area contributed by atoms with E-state index in [1.54, 1.807) is 36.7 Å². The number of aliphatic imine (C=N–C) groups is 1. The van der Waals surface area contributed by atoms with Gasteiger partial charge in [-0.3, -0.25) is 20.0 Å². The van der Waals surface area contributed by atoms with Crippen LogP contribution in [0.3, 0.4) is 0 Å². The third kappa shape index (κ3) is 3.29. The minimum atomic E-state index is -4.50. The van der Waals surface area contributed by atoms with Gasteiger partial charge in [0, 0.05) is 17.6 Å². The molecule has 1 aromatic carbocycles. The van der Waals surface area contributed by atoms with E-state index < -0.39 is 34.7 Å². The zero-order valence-electron chi connectivity index (χ0n) is 16.6. The standard InChI is InChI=1S/C21H16F3N5O2S/c1-20-7-6-13(8-15(20)26-10-27-20)29-16(17(30)28-19(29)31)12-4-2-11(3-5-12)14-9-25-18(32-14)21(22,23)24/h2-6,8-10,16H,7H2,1H3,(H,26,27)(H,28,30,31). The first-order chi connectivity index (χ1) is 15.2. The summed E-state index contributed by atoms with van der Waals surface area (Å²) in [4.78, 5) is 34.8. The number of aromatic nitrogens is 1. The predicted octanol–water partition coefficient (Wildman–Crippen LogP) is 3.98. The largest absolute Gasteiger partial charge is 0.443 e. The summed E-state index contributed by atoms with van der Waals surface area (Å²) >= 11 is 0.548. The van der Waals surface area contributed by atoms with Crippen LogP contribution >= 0.6 is 11.3 Å². The molecule has 0 bridgehead atoms. The molecule has 5 rings (SSSR count). The van der Waals surface area contributed by atoms with E-state index in [1.807, 2.05) is 13.0 Å². The van der Waals surface area contributed by atoms with Gasteiger partial charge in [0.2, 0.25) is 0 Å². The summed E-state index contributed by atoms with van der Waals surface area (Å²) < 4.78 is 38.5. The Morgan fingerprint density at radius 1 is 1.22 bits per heavy atom.